The third-order valence-electron chi connectivity index (χ3n) is 4.30. The molecule has 0 saturated carbocycles. The molecular weight excluding hydrogens is 408 g/mol. The summed E-state index contributed by atoms with van der Waals surface area (Å²) in [5.74, 6) is 0.740. The van der Waals surface area contributed by atoms with Gasteiger partial charge in [0.15, 0.2) is 4.32 Å². The van der Waals surface area contributed by atoms with Crippen LogP contribution in [0.1, 0.15) is 11.3 Å². The normalized spacial score (nSPS) is 15.3. The predicted molar refractivity (Wildman–Crippen MR) is 118 cm³/mol. The van der Waals surface area contributed by atoms with Gasteiger partial charge in [0.2, 0.25) is 0 Å². The van der Waals surface area contributed by atoms with E-state index in [0.29, 0.717) is 26.3 Å². The Morgan fingerprint density at radius 2 is 1.93 bits per heavy atom. The maximum Gasteiger partial charge on any atom is 0.270 e. The molecule has 0 radical (unpaired) electrons. The number of nitrogens with zero attached hydrogens (tertiary/aromatic N) is 2. The van der Waals surface area contributed by atoms with E-state index in [9.17, 15) is 14.9 Å². The molecule has 8 heteroatoms. The number of nitro benzene ring substituents is 1. The molecule has 1 aromatic heterocycles. The minimum Gasteiger partial charge on any atom is -0.457 e. The second kappa shape index (κ2) is 7.65. The zero-order valence-electron chi connectivity index (χ0n) is 15.2. The van der Waals surface area contributed by atoms with E-state index in [4.69, 9.17) is 16.6 Å². The number of furan rings is 1. The van der Waals surface area contributed by atoms with E-state index in [2.05, 4.69) is 0 Å². The topological polar surface area (TPSA) is 76.6 Å². The van der Waals surface area contributed by atoms with Crippen LogP contribution < -0.4 is 4.90 Å². The molecule has 1 aliphatic rings. The number of amides is 1. The van der Waals surface area contributed by atoms with Gasteiger partial charge in [0.05, 0.1) is 15.5 Å². The highest BCUT2D eigenvalue weighted by Crippen LogP contribution is 2.37. The summed E-state index contributed by atoms with van der Waals surface area (Å²) in [6.07, 6.45) is 1.63. The quantitative estimate of drug-likeness (QED) is 0.237. The molecule has 0 atom stereocenters. The fraction of sp³-hybridized carbons (Fsp3) is 0.0476. The molecule has 2 heterocycles. The van der Waals surface area contributed by atoms with Crippen LogP contribution in [0.5, 0.6) is 0 Å². The predicted octanol–water partition coefficient (Wildman–Crippen LogP) is 5.57. The Labute approximate surface area is 176 Å². The number of hydrogen-bond acceptors (Lipinski definition) is 6. The van der Waals surface area contributed by atoms with Gasteiger partial charge in [-0.1, -0.05) is 48.2 Å². The number of carbonyl (C=O) groups is 1. The van der Waals surface area contributed by atoms with Crippen LogP contribution in [0.4, 0.5) is 11.4 Å². The zero-order valence-corrected chi connectivity index (χ0v) is 16.8. The molecule has 0 bridgehead atoms. The van der Waals surface area contributed by atoms with Gasteiger partial charge in [0.1, 0.15) is 11.5 Å². The molecular formula is C21H14N2O4S2. The van der Waals surface area contributed by atoms with Gasteiger partial charge in [-0.2, -0.15) is 0 Å². The van der Waals surface area contributed by atoms with E-state index in [1.54, 1.807) is 30.3 Å². The average Bonchev–Trinajstić information content (AvgIpc) is 3.26. The Bertz CT molecular complexity index is 1180. The van der Waals surface area contributed by atoms with Gasteiger partial charge in [-0.25, -0.2) is 0 Å². The molecule has 6 nitrogen and oxygen atoms in total. The lowest BCUT2D eigenvalue weighted by Crippen LogP contribution is -2.27. The number of anilines is 1. The first-order valence-electron chi connectivity index (χ1n) is 8.62. The van der Waals surface area contributed by atoms with Crippen molar-refractivity contribution in [3.63, 3.8) is 0 Å². The van der Waals surface area contributed by atoms with Gasteiger partial charge >= 0.3 is 0 Å². The number of non-ortho nitro benzene ring substituents is 1. The number of carbonyl (C=O) groups excluding carboxylic acids is 1. The average molecular weight is 422 g/mol. The number of benzene rings is 2. The van der Waals surface area contributed by atoms with Crippen molar-refractivity contribution in [1.29, 1.82) is 0 Å². The van der Waals surface area contributed by atoms with Crippen LogP contribution in [0.25, 0.3) is 17.4 Å². The summed E-state index contributed by atoms with van der Waals surface area (Å²) in [7, 11) is 0. The third-order valence-corrected chi connectivity index (χ3v) is 5.60. The molecule has 1 aliphatic heterocycles. The van der Waals surface area contributed by atoms with Gasteiger partial charge in [0, 0.05) is 23.8 Å². The molecule has 3 aromatic rings. The summed E-state index contributed by atoms with van der Waals surface area (Å²) < 4.78 is 6.24. The molecule has 0 unspecified atom stereocenters. The summed E-state index contributed by atoms with van der Waals surface area (Å²) in [6.45, 7) is 1.95. The van der Waals surface area contributed by atoms with Gasteiger partial charge in [-0.05, 0) is 36.8 Å². The summed E-state index contributed by atoms with van der Waals surface area (Å²) in [5, 5.41) is 11.0. The fourth-order valence-electron chi connectivity index (χ4n) is 2.94. The summed E-state index contributed by atoms with van der Waals surface area (Å²) >= 11 is 6.60. The number of hydrogen-bond donors (Lipinski definition) is 0. The van der Waals surface area contributed by atoms with Crippen LogP contribution >= 0.6 is 24.0 Å². The van der Waals surface area contributed by atoms with E-state index >= 15 is 0 Å². The molecule has 1 saturated heterocycles. The standard InChI is InChI=1S/C21H14N2O4S2/c1-13-4-2-6-15(10-13)22-20(24)19(29-21(22)28)12-17-8-9-18(27-17)14-5-3-7-16(11-14)23(25)26/h2-12H,1H3/b19-12-. The number of thioether (sulfide) groups is 1. The van der Waals surface area contributed by atoms with Crippen molar-refractivity contribution in [2.24, 2.45) is 0 Å². The van der Waals surface area contributed by atoms with Crippen LogP contribution in [0.15, 0.2) is 70.0 Å². The van der Waals surface area contributed by atoms with Crippen molar-refractivity contribution in [3.05, 3.63) is 87.0 Å². The SMILES string of the molecule is Cc1cccc(N2C(=O)/C(=C/c3ccc(-c4cccc([N+](=O)[O-])c4)o3)SC2=S)c1. The van der Waals surface area contributed by atoms with Crippen LogP contribution in [-0.2, 0) is 4.79 Å². The second-order valence-corrected chi connectivity index (χ2v) is 8.04. The second-order valence-electron chi connectivity index (χ2n) is 6.37. The molecule has 1 amide bonds. The van der Waals surface area contributed by atoms with Gasteiger partial charge in [-0.15, -0.1) is 0 Å². The lowest BCUT2D eigenvalue weighted by atomic mass is 10.1. The Morgan fingerprint density at radius 1 is 1.14 bits per heavy atom. The van der Waals surface area contributed by atoms with Crippen LogP contribution in [-0.4, -0.2) is 15.2 Å². The first kappa shape index (κ1) is 19.1. The molecule has 29 heavy (non-hydrogen) atoms. The van der Waals surface area contributed by atoms with Crippen molar-refractivity contribution < 1.29 is 14.1 Å². The number of aryl methyl sites for hydroxylation is 1. The maximum absolute atomic E-state index is 12.9. The summed E-state index contributed by atoms with van der Waals surface area (Å²) in [6, 6.07) is 17.2. The van der Waals surface area contributed by atoms with E-state index < -0.39 is 4.92 Å². The molecule has 4 rings (SSSR count). The fourth-order valence-corrected chi connectivity index (χ4v) is 4.22. The Hall–Kier alpha value is -3.23. The molecule has 0 aliphatic carbocycles. The summed E-state index contributed by atoms with van der Waals surface area (Å²) in [4.78, 5) is 25.3. The lowest BCUT2D eigenvalue weighted by Gasteiger charge is -2.14. The minimum atomic E-state index is -0.454. The zero-order chi connectivity index (χ0) is 20.5. The highest BCUT2D eigenvalue weighted by Gasteiger charge is 2.33. The van der Waals surface area contributed by atoms with Gasteiger partial charge < -0.3 is 4.42 Å². The lowest BCUT2D eigenvalue weighted by molar-refractivity contribution is -0.384. The molecule has 2 aromatic carbocycles. The van der Waals surface area contributed by atoms with Crippen molar-refractivity contribution in [2.75, 3.05) is 4.90 Å². The third kappa shape index (κ3) is 3.85. The minimum absolute atomic E-state index is 0.0144. The van der Waals surface area contributed by atoms with E-state index in [1.165, 1.54) is 28.8 Å². The van der Waals surface area contributed by atoms with Crippen LogP contribution in [0, 0.1) is 17.0 Å². The largest absolute Gasteiger partial charge is 0.457 e. The molecule has 144 valence electrons. The highest BCUT2D eigenvalue weighted by atomic mass is 32.2. The monoisotopic (exact) mass is 422 g/mol. The van der Waals surface area contributed by atoms with Gasteiger partial charge in [-0.3, -0.25) is 19.8 Å². The number of nitro groups is 1. The van der Waals surface area contributed by atoms with Crippen molar-refractivity contribution in [1.82, 2.24) is 0 Å². The van der Waals surface area contributed by atoms with E-state index in [-0.39, 0.29) is 11.6 Å². The Balaban J connectivity index is 1.61. The number of rotatable bonds is 4. The summed E-state index contributed by atoms with van der Waals surface area (Å²) in [5.41, 5.74) is 2.34. The van der Waals surface area contributed by atoms with Crippen molar-refractivity contribution in [2.45, 2.75) is 6.92 Å². The van der Waals surface area contributed by atoms with Crippen LogP contribution in [0.2, 0.25) is 0 Å². The highest BCUT2D eigenvalue weighted by molar-refractivity contribution is 8.27. The smallest absolute Gasteiger partial charge is 0.270 e. The van der Waals surface area contributed by atoms with E-state index in [1.807, 2.05) is 31.2 Å². The van der Waals surface area contributed by atoms with Crippen LogP contribution in [0.3, 0.4) is 0 Å². The Morgan fingerprint density at radius 3 is 2.69 bits per heavy atom. The molecule has 1 fully saturated rings. The molecule has 0 spiro atoms. The number of thiocarbonyl (C=S) groups is 1. The van der Waals surface area contributed by atoms with Crippen molar-refractivity contribution in [3.8, 4) is 11.3 Å². The maximum atomic E-state index is 12.9. The van der Waals surface area contributed by atoms with Crippen molar-refractivity contribution >= 4 is 51.7 Å². The Kier molecular flexibility index (Phi) is 5.04. The van der Waals surface area contributed by atoms with E-state index in [0.717, 1.165) is 11.3 Å². The first-order chi connectivity index (χ1) is 13.9. The first-order valence-corrected chi connectivity index (χ1v) is 9.84. The molecule has 0 N–H and O–H groups in total. The van der Waals surface area contributed by atoms with Gasteiger partial charge in [0.25, 0.3) is 11.6 Å².